The van der Waals surface area contributed by atoms with Gasteiger partial charge in [-0.1, -0.05) is 17.7 Å². The maximum atomic E-state index is 12.2. The van der Waals surface area contributed by atoms with Gasteiger partial charge in [0.2, 0.25) is 5.91 Å². The van der Waals surface area contributed by atoms with Crippen LogP contribution in [0.15, 0.2) is 12.1 Å². The van der Waals surface area contributed by atoms with Gasteiger partial charge in [-0.25, -0.2) is 0 Å². The molecule has 1 heterocycles. The van der Waals surface area contributed by atoms with Crippen molar-refractivity contribution in [3.05, 3.63) is 28.3 Å². The smallest absolute Gasteiger partial charge is 0.225 e. The summed E-state index contributed by atoms with van der Waals surface area (Å²) in [6.07, 6.45) is 2.89. The van der Waals surface area contributed by atoms with Crippen molar-refractivity contribution in [2.45, 2.75) is 33.1 Å². The number of nitrogens with one attached hydrogen (secondary N) is 1. The summed E-state index contributed by atoms with van der Waals surface area (Å²) in [5.74, 6) is 0.610. The molecule has 1 fully saturated rings. The minimum absolute atomic E-state index is 0.0210. The molecule has 1 aliphatic heterocycles. The van der Waals surface area contributed by atoms with Crippen molar-refractivity contribution in [1.29, 1.82) is 0 Å². The van der Waals surface area contributed by atoms with E-state index >= 15 is 0 Å². The molecule has 5 heteroatoms. The van der Waals surface area contributed by atoms with Gasteiger partial charge in [0.1, 0.15) is 0 Å². The Morgan fingerprint density at radius 2 is 2.22 bits per heavy atom. The number of likely N-dealkylation sites (tertiary alicyclic amines) is 1. The van der Waals surface area contributed by atoms with Crippen molar-refractivity contribution in [1.82, 2.24) is 4.90 Å². The molecule has 0 bridgehead atoms. The first-order chi connectivity index (χ1) is 11.0. The van der Waals surface area contributed by atoms with Crippen LogP contribution in [0.5, 0.6) is 0 Å². The molecular formula is C18H27ClN2O2. The van der Waals surface area contributed by atoms with Crippen LogP contribution in [0.25, 0.3) is 0 Å². The van der Waals surface area contributed by atoms with Crippen molar-refractivity contribution >= 4 is 23.2 Å². The van der Waals surface area contributed by atoms with Crippen LogP contribution < -0.4 is 5.32 Å². The highest BCUT2D eigenvalue weighted by atomic mass is 35.5. The maximum absolute atomic E-state index is 12.2. The molecule has 0 aromatic heterocycles. The van der Waals surface area contributed by atoms with E-state index in [2.05, 4.69) is 10.2 Å². The van der Waals surface area contributed by atoms with Gasteiger partial charge in [0, 0.05) is 26.6 Å². The molecule has 0 radical (unpaired) electrons. The van der Waals surface area contributed by atoms with Gasteiger partial charge >= 0.3 is 0 Å². The van der Waals surface area contributed by atoms with Crippen molar-refractivity contribution in [2.24, 2.45) is 5.92 Å². The normalized spacial score (nSPS) is 18.9. The number of piperidine rings is 1. The number of anilines is 1. The minimum Gasteiger partial charge on any atom is -0.384 e. The van der Waals surface area contributed by atoms with Crippen LogP contribution in [-0.2, 0) is 9.53 Å². The number of ether oxygens (including phenoxy) is 1. The molecule has 0 unspecified atom stereocenters. The number of hydrogen-bond acceptors (Lipinski definition) is 3. The Hall–Kier alpha value is -1.10. The number of aryl methyl sites for hydroxylation is 2. The average molecular weight is 339 g/mol. The zero-order valence-electron chi connectivity index (χ0n) is 14.3. The Bertz CT molecular complexity index is 523. The third-order valence-corrected chi connectivity index (χ3v) is 4.65. The van der Waals surface area contributed by atoms with E-state index in [1.165, 1.54) is 12.8 Å². The van der Waals surface area contributed by atoms with Crippen LogP contribution in [0.3, 0.4) is 0 Å². The largest absolute Gasteiger partial charge is 0.384 e. The lowest BCUT2D eigenvalue weighted by Gasteiger charge is -2.32. The molecule has 1 saturated heterocycles. The number of hydrogen-bond donors (Lipinski definition) is 1. The summed E-state index contributed by atoms with van der Waals surface area (Å²) in [6.45, 7) is 7.64. The molecule has 1 aliphatic rings. The van der Waals surface area contributed by atoms with Crippen molar-refractivity contribution in [3.8, 4) is 0 Å². The fourth-order valence-electron chi connectivity index (χ4n) is 3.26. The highest BCUT2D eigenvalue weighted by Gasteiger charge is 2.20. The van der Waals surface area contributed by atoms with E-state index in [0.717, 1.165) is 43.1 Å². The molecule has 2 rings (SSSR count). The first-order valence-electron chi connectivity index (χ1n) is 8.27. The second-order valence-corrected chi connectivity index (χ2v) is 6.91. The minimum atomic E-state index is 0.0210. The predicted octanol–water partition coefficient (Wildman–Crippen LogP) is 3.64. The van der Waals surface area contributed by atoms with Gasteiger partial charge < -0.3 is 15.0 Å². The van der Waals surface area contributed by atoms with Crippen LogP contribution in [0, 0.1) is 19.8 Å². The SMILES string of the molecule is COC[C@H]1CCCN(CCC(=O)Nc2c(C)cc(C)cc2Cl)C1. The third-order valence-electron chi connectivity index (χ3n) is 4.36. The molecule has 0 spiro atoms. The summed E-state index contributed by atoms with van der Waals surface area (Å²) < 4.78 is 5.25. The molecule has 23 heavy (non-hydrogen) atoms. The highest BCUT2D eigenvalue weighted by molar-refractivity contribution is 6.34. The lowest BCUT2D eigenvalue weighted by Crippen LogP contribution is -2.38. The Balaban J connectivity index is 1.84. The summed E-state index contributed by atoms with van der Waals surface area (Å²) in [5.41, 5.74) is 2.84. The van der Waals surface area contributed by atoms with E-state index in [0.29, 0.717) is 17.4 Å². The van der Waals surface area contributed by atoms with E-state index in [1.54, 1.807) is 7.11 Å². The fourth-order valence-corrected chi connectivity index (χ4v) is 3.63. The Morgan fingerprint density at radius 3 is 2.91 bits per heavy atom. The number of carbonyl (C=O) groups excluding carboxylic acids is 1. The summed E-state index contributed by atoms with van der Waals surface area (Å²) in [7, 11) is 1.75. The molecule has 4 nitrogen and oxygen atoms in total. The Labute approximate surface area is 144 Å². The van der Waals surface area contributed by atoms with E-state index < -0.39 is 0 Å². The quantitative estimate of drug-likeness (QED) is 0.861. The zero-order chi connectivity index (χ0) is 16.8. The number of methoxy groups -OCH3 is 1. The van der Waals surface area contributed by atoms with E-state index in [1.807, 2.05) is 26.0 Å². The van der Waals surface area contributed by atoms with E-state index in [9.17, 15) is 4.79 Å². The molecule has 1 aromatic carbocycles. The second kappa shape index (κ2) is 8.67. The standard InChI is InChI=1S/C18H27ClN2O2/c1-13-9-14(2)18(16(19)10-13)20-17(22)6-8-21-7-4-5-15(11-21)12-23-3/h9-10,15H,4-8,11-12H2,1-3H3,(H,20,22)/t15-/m0/s1. The van der Waals surface area contributed by atoms with Gasteiger partial charge in [-0.2, -0.15) is 0 Å². The number of halogens is 1. The Morgan fingerprint density at radius 1 is 1.43 bits per heavy atom. The lowest BCUT2D eigenvalue weighted by molar-refractivity contribution is -0.116. The highest BCUT2D eigenvalue weighted by Crippen LogP contribution is 2.27. The van der Waals surface area contributed by atoms with Crippen LogP contribution in [0.2, 0.25) is 5.02 Å². The first kappa shape index (κ1) is 18.2. The number of amides is 1. The third kappa shape index (κ3) is 5.48. The van der Waals surface area contributed by atoms with Gasteiger partial charge in [-0.3, -0.25) is 4.79 Å². The summed E-state index contributed by atoms with van der Waals surface area (Å²) in [6, 6.07) is 3.91. The zero-order valence-corrected chi connectivity index (χ0v) is 15.1. The molecule has 1 aromatic rings. The number of benzene rings is 1. The van der Waals surface area contributed by atoms with Gasteiger partial charge in [0.25, 0.3) is 0 Å². The molecule has 1 atom stereocenters. The molecule has 1 amide bonds. The molecule has 0 aliphatic carbocycles. The van der Waals surface area contributed by atoms with Gasteiger partial charge in [-0.15, -0.1) is 0 Å². The van der Waals surface area contributed by atoms with E-state index in [4.69, 9.17) is 16.3 Å². The second-order valence-electron chi connectivity index (χ2n) is 6.50. The van der Waals surface area contributed by atoms with E-state index in [-0.39, 0.29) is 5.91 Å². The van der Waals surface area contributed by atoms with Crippen LogP contribution in [0.4, 0.5) is 5.69 Å². The van der Waals surface area contributed by atoms with Crippen LogP contribution in [-0.4, -0.2) is 44.2 Å². The van der Waals surface area contributed by atoms with Gasteiger partial charge in [-0.05, 0) is 56.3 Å². The molecular weight excluding hydrogens is 312 g/mol. The lowest BCUT2D eigenvalue weighted by atomic mass is 9.99. The molecule has 0 saturated carbocycles. The first-order valence-corrected chi connectivity index (χ1v) is 8.65. The van der Waals surface area contributed by atoms with Crippen molar-refractivity contribution in [3.63, 3.8) is 0 Å². The number of rotatable bonds is 6. The van der Waals surface area contributed by atoms with Crippen LogP contribution in [0.1, 0.15) is 30.4 Å². The van der Waals surface area contributed by atoms with Crippen molar-refractivity contribution < 1.29 is 9.53 Å². The van der Waals surface area contributed by atoms with Gasteiger partial charge in [0.15, 0.2) is 0 Å². The maximum Gasteiger partial charge on any atom is 0.225 e. The topological polar surface area (TPSA) is 41.6 Å². The summed E-state index contributed by atoms with van der Waals surface area (Å²) in [4.78, 5) is 14.6. The molecule has 128 valence electrons. The fraction of sp³-hybridized carbons (Fsp3) is 0.611. The number of nitrogens with zero attached hydrogens (tertiary/aromatic N) is 1. The summed E-state index contributed by atoms with van der Waals surface area (Å²) >= 11 is 6.24. The molecule has 1 N–H and O–H groups in total. The monoisotopic (exact) mass is 338 g/mol. The van der Waals surface area contributed by atoms with Gasteiger partial charge in [0.05, 0.1) is 17.3 Å². The van der Waals surface area contributed by atoms with Crippen molar-refractivity contribution in [2.75, 3.05) is 38.7 Å². The average Bonchev–Trinajstić information content (AvgIpc) is 2.49. The Kier molecular flexibility index (Phi) is 6.88. The summed E-state index contributed by atoms with van der Waals surface area (Å²) in [5, 5.41) is 3.56. The van der Waals surface area contributed by atoms with Crippen LogP contribution >= 0.6 is 11.6 Å². The predicted molar refractivity (Wildman–Crippen MR) is 95.2 cm³/mol. The number of carbonyl (C=O) groups is 1.